The second-order valence-electron chi connectivity index (χ2n) is 7.30. The predicted molar refractivity (Wildman–Crippen MR) is 96.8 cm³/mol. The third-order valence-corrected chi connectivity index (χ3v) is 4.89. The molecule has 11 heteroatoms. The number of aromatic nitrogens is 5. The van der Waals surface area contributed by atoms with Crippen LogP contribution in [-0.2, 0) is 19.0 Å². The molecule has 5 heterocycles. The van der Waals surface area contributed by atoms with Crippen molar-refractivity contribution in [2.24, 2.45) is 0 Å². The number of aliphatic carboxylic acids is 1. The van der Waals surface area contributed by atoms with E-state index < -0.39 is 41.9 Å². The summed E-state index contributed by atoms with van der Waals surface area (Å²) in [5, 5.41) is 9.53. The Hall–Kier alpha value is -3.15. The second-order valence-corrected chi connectivity index (χ2v) is 7.30. The topological polar surface area (TPSA) is 141 Å². The number of hydrogen-bond donors (Lipinski definition) is 2. The summed E-state index contributed by atoms with van der Waals surface area (Å²) in [4.78, 5) is 39.7. The van der Waals surface area contributed by atoms with Crippen LogP contribution in [0.15, 0.2) is 35.5 Å². The molecule has 2 N–H and O–H groups in total. The van der Waals surface area contributed by atoms with E-state index in [-0.39, 0.29) is 17.0 Å². The number of nitrogens with one attached hydrogen (secondary N) is 1. The van der Waals surface area contributed by atoms with Crippen LogP contribution in [0.1, 0.15) is 20.1 Å². The van der Waals surface area contributed by atoms with Crippen LogP contribution < -0.4 is 5.56 Å². The van der Waals surface area contributed by atoms with Crippen molar-refractivity contribution in [2.45, 2.75) is 44.2 Å². The van der Waals surface area contributed by atoms with Crippen LogP contribution in [0, 0.1) is 0 Å². The number of hydrogen-bond acceptors (Lipinski definition) is 8. The van der Waals surface area contributed by atoms with Crippen molar-refractivity contribution in [2.75, 3.05) is 0 Å². The largest absolute Gasteiger partial charge is 0.479 e. The molecule has 5 rings (SSSR count). The first-order chi connectivity index (χ1) is 13.8. The molecule has 0 amide bonds. The van der Waals surface area contributed by atoms with Crippen molar-refractivity contribution in [1.82, 2.24) is 24.5 Å². The average molecular weight is 399 g/mol. The molecule has 3 aromatic rings. The minimum absolute atomic E-state index is 0.0989. The molecule has 3 aromatic heterocycles. The average Bonchev–Trinajstić information content (AvgIpc) is 3.33. The molecule has 2 fully saturated rings. The summed E-state index contributed by atoms with van der Waals surface area (Å²) in [5.74, 6) is -1.86. The molecule has 0 saturated carbocycles. The van der Waals surface area contributed by atoms with Gasteiger partial charge in [0.15, 0.2) is 35.1 Å². The fourth-order valence-electron chi connectivity index (χ4n) is 3.74. The van der Waals surface area contributed by atoms with E-state index in [4.69, 9.17) is 14.2 Å². The summed E-state index contributed by atoms with van der Waals surface area (Å²) < 4.78 is 18.9. The van der Waals surface area contributed by atoms with Crippen LogP contribution in [0.3, 0.4) is 0 Å². The maximum Gasteiger partial charge on any atom is 0.335 e. The first-order valence-corrected chi connectivity index (χ1v) is 8.96. The summed E-state index contributed by atoms with van der Waals surface area (Å²) >= 11 is 0. The molecule has 29 heavy (non-hydrogen) atoms. The number of aromatic amines is 1. The van der Waals surface area contributed by atoms with Gasteiger partial charge in [-0.2, -0.15) is 0 Å². The fraction of sp³-hybridized carbons (Fsp3) is 0.389. The van der Waals surface area contributed by atoms with Gasteiger partial charge < -0.3 is 24.3 Å². The standard InChI is InChI=1S/C18H17N5O6/c1-18(2)28-10-11(29-18)16(27-12(10)17(25)26)23-7-20-9-14(23)21-13(22-15(9)24)8-5-3-4-6-19-8/h3-7,10-12,16H,1-2H3,(H,25,26)(H,21,22,24)/t10-,11+,12-,16+/m0/s1. The number of carboxylic acid groups (broad SMARTS) is 1. The number of imidazole rings is 1. The van der Waals surface area contributed by atoms with Crippen molar-refractivity contribution < 1.29 is 24.1 Å². The van der Waals surface area contributed by atoms with Gasteiger partial charge in [0.2, 0.25) is 0 Å². The maximum absolute atomic E-state index is 12.5. The second kappa shape index (κ2) is 6.17. The van der Waals surface area contributed by atoms with Crippen molar-refractivity contribution in [3.8, 4) is 11.5 Å². The van der Waals surface area contributed by atoms with Crippen molar-refractivity contribution in [3.05, 3.63) is 41.1 Å². The molecule has 0 spiro atoms. The van der Waals surface area contributed by atoms with Crippen LogP contribution in [-0.4, -0.2) is 59.7 Å². The zero-order valence-corrected chi connectivity index (χ0v) is 15.5. The Morgan fingerprint density at radius 2 is 2.03 bits per heavy atom. The van der Waals surface area contributed by atoms with Crippen LogP contribution in [0.25, 0.3) is 22.7 Å². The van der Waals surface area contributed by atoms with Gasteiger partial charge in [0.05, 0.1) is 6.33 Å². The van der Waals surface area contributed by atoms with Gasteiger partial charge in [-0.15, -0.1) is 0 Å². The molecular formula is C18H17N5O6. The van der Waals surface area contributed by atoms with Crippen LogP contribution in [0.4, 0.5) is 0 Å². The minimum atomic E-state index is -1.22. The molecule has 2 aliphatic rings. The molecule has 2 saturated heterocycles. The van der Waals surface area contributed by atoms with E-state index in [1.165, 1.54) is 10.9 Å². The highest BCUT2D eigenvalue weighted by atomic mass is 16.8. The van der Waals surface area contributed by atoms with Gasteiger partial charge in [-0.25, -0.2) is 14.8 Å². The molecule has 0 bridgehead atoms. The number of rotatable bonds is 3. The lowest BCUT2D eigenvalue weighted by molar-refractivity contribution is -0.202. The molecular weight excluding hydrogens is 382 g/mol. The SMILES string of the molecule is CC1(C)O[C@@H]2[C@H](O1)[C@@H](C(=O)O)O[C@H]2n1cnc2c(=O)[nH]c(-c3ccccn3)nc21. The Morgan fingerprint density at radius 1 is 1.24 bits per heavy atom. The van der Waals surface area contributed by atoms with Gasteiger partial charge in [-0.3, -0.25) is 14.3 Å². The number of ether oxygens (including phenoxy) is 3. The van der Waals surface area contributed by atoms with Crippen LogP contribution in [0.5, 0.6) is 0 Å². The lowest BCUT2D eigenvalue weighted by atomic mass is 10.1. The highest BCUT2D eigenvalue weighted by Gasteiger charge is 2.58. The number of pyridine rings is 1. The van der Waals surface area contributed by atoms with E-state index >= 15 is 0 Å². The van der Waals surface area contributed by atoms with Gasteiger partial charge in [0.25, 0.3) is 5.56 Å². The summed E-state index contributed by atoms with van der Waals surface area (Å²) in [6, 6.07) is 5.24. The number of fused-ring (bicyclic) bond motifs is 2. The third kappa shape index (κ3) is 2.82. The van der Waals surface area contributed by atoms with Gasteiger partial charge in [0, 0.05) is 6.20 Å². The molecule has 11 nitrogen and oxygen atoms in total. The van der Waals surface area contributed by atoms with E-state index in [1.807, 2.05) is 0 Å². The smallest absolute Gasteiger partial charge is 0.335 e. The quantitative estimate of drug-likeness (QED) is 0.650. The third-order valence-electron chi connectivity index (χ3n) is 4.89. The van der Waals surface area contributed by atoms with Crippen LogP contribution in [0.2, 0.25) is 0 Å². The maximum atomic E-state index is 12.5. The van der Waals surface area contributed by atoms with Crippen molar-refractivity contribution in [1.29, 1.82) is 0 Å². The number of nitrogens with zero attached hydrogens (tertiary/aromatic N) is 4. The first-order valence-electron chi connectivity index (χ1n) is 8.96. The zero-order valence-electron chi connectivity index (χ0n) is 15.5. The fourth-order valence-corrected chi connectivity index (χ4v) is 3.74. The Bertz CT molecular complexity index is 1160. The minimum Gasteiger partial charge on any atom is -0.479 e. The van der Waals surface area contributed by atoms with Crippen molar-refractivity contribution >= 4 is 17.1 Å². The number of carbonyl (C=O) groups is 1. The van der Waals surface area contributed by atoms with Crippen molar-refractivity contribution in [3.63, 3.8) is 0 Å². The van der Waals surface area contributed by atoms with Gasteiger partial charge in [-0.05, 0) is 26.0 Å². The zero-order chi connectivity index (χ0) is 20.3. The summed E-state index contributed by atoms with van der Waals surface area (Å²) in [6.07, 6.45) is -0.633. The normalized spacial score (nSPS) is 27.9. The Labute approximate surface area is 163 Å². The highest BCUT2D eigenvalue weighted by molar-refractivity contribution is 5.74. The molecule has 2 aliphatic heterocycles. The molecule has 4 atom stereocenters. The molecule has 0 aromatic carbocycles. The lowest BCUT2D eigenvalue weighted by Gasteiger charge is -2.23. The Morgan fingerprint density at radius 3 is 2.76 bits per heavy atom. The van der Waals surface area contributed by atoms with E-state index in [1.54, 1.807) is 38.2 Å². The Balaban J connectivity index is 1.63. The lowest BCUT2D eigenvalue weighted by Crippen LogP contribution is -2.35. The highest BCUT2D eigenvalue weighted by Crippen LogP contribution is 2.43. The number of carboxylic acids is 1. The first kappa shape index (κ1) is 17.9. The molecule has 0 radical (unpaired) electrons. The van der Waals surface area contributed by atoms with Gasteiger partial charge in [-0.1, -0.05) is 6.07 Å². The summed E-state index contributed by atoms with van der Waals surface area (Å²) in [7, 11) is 0. The van der Waals surface area contributed by atoms with E-state index in [2.05, 4.69) is 19.9 Å². The van der Waals surface area contributed by atoms with Gasteiger partial charge in [0.1, 0.15) is 17.9 Å². The van der Waals surface area contributed by atoms with Crippen LogP contribution >= 0.6 is 0 Å². The predicted octanol–water partition coefficient (Wildman–Crippen LogP) is 0.684. The molecule has 0 aliphatic carbocycles. The summed E-state index contributed by atoms with van der Waals surface area (Å²) in [6.45, 7) is 3.41. The van der Waals surface area contributed by atoms with E-state index in [9.17, 15) is 14.7 Å². The Kier molecular flexibility index (Phi) is 3.81. The van der Waals surface area contributed by atoms with Gasteiger partial charge >= 0.3 is 5.97 Å². The van der Waals surface area contributed by atoms with E-state index in [0.717, 1.165) is 0 Å². The van der Waals surface area contributed by atoms with E-state index in [0.29, 0.717) is 5.69 Å². The number of H-pyrrole nitrogens is 1. The summed E-state index contributed by atoms with van der Waals surface area (Å²) in [5.41, 5.74) is 0.372. The monoisotopic (exact) mass is 399 g/mol. The molecule has 0 unspecified atom stereocenters. The molecule has 150 valence electrons.